The van der Waals surface area contributed by atoms with Crippen LogP contribution >= 0.6 is 0 Å². The van der Waals surface area contributed by atoms with E-state index in [9.17, 15) is 9.59 Å². The number of carboxylic acid groups (broad SMARTS) is 2. The highest BCUT2D eigenvalue weighted by Gasteiger charge is 2.21. The molecule has 0 unspecified atom stereocenters. The van der Waals surface area contributed by atoms with Crippen molar-refractivity contribution in [3.05, 3.63) is 29.3 Å². The van der Waals surface area contributed by atoms with Gasteiger partial charge in [-0.25, -0.2) is 9.59 Å². The number of nitrogens with zero attached hydrogens (tertiary/aromatic N) is 1. The van der Waals surface area contributed by atoms with Crippen LogP contribution in [0.15, 0.2) is 18.2 Å². The fourth-order valence-corrected chi connectivity index (χ4v) is 1.77. The van der Waals surface area contributed by atoms with Crippen LogP contribution in [0.2, 0.25) is 0 Å². The van der Waals surface area contributed by atoms with E-state index in [-0.39, 0.29) is 16.8 Å². The summed E-state index contributed by atoms with van der Waals surface area (Å²) in [6.07, 6.45) is 0. The molecule has 0 heterocycles. The highest BCUT2D eigenvalue weighted by molar-refractivity contribution is 6.03. The van der Waals surface area contributed by atoms with E-state index in [1.807, 2.05) is 13.8 Å². The molecule has 1 aromatic rings. The van der Waals surface area contributed by atoms with Crippen molar-refractivity contribution >= 4 is 17.6 Å². The number of carbonyl (C=O) groups is 2. The van der Waals surface area contributed by atoms with Gasteiger partial charge in [-0.3, -0.25) is 0 Å². The summed E-state index contributed by atoms with van der Waals surface area (Å²) in [5, 5.41) is 18.2. The van der Waals surface area contributed by atoms with E-state index in [1.165, 1.54) is 18.2 Å². The first-order valence-corrected chi connectivity index (χ1v) is 5.37. The summed E-state index contributed by atoms with van der Waals surface area (Å²) in [6, 6.07) is 4.28. The van der Waals surface area contributed by atoms with Gasteiger partial charge in [0.25, 0.3) is 0 Å². The highest BCUT2D eigenvalue weighted by Crippen LogP contribution is 2.25. The molecule has 0 aromatic heterocycles. The number of hydrogen-bond acceptors (Lipinski definition) is 3. The van der Waals surface area contributed by atoms with Crippen LogP contribution in [0.25, 0.3) is 0 Å². The van der Waals surface area contributed by atoms with Crippen LogP contribution in [0, 0.1) is 0 Å². The van der Waals surface area contributed by atoms with E-state index in [2.05, 4.69) is 0 Å². The van der Waals surface area contributed by atoms with Crippen molar-refractivity contribution in [3.63, 3.8) is 0 Å². The van der Waals surface area contributed by atoms with Crippen LogP contribution in [-0.4, -0.2) is 35.2 Å². The number of aromatic carboxylic acids is 2. The Hall–Kier alpha value is -2.04. The summed E-state index contributed by atoms with van der Waals surface area (Å²) in [5.74, 6) is -2.23. The second-order valence-electron chi connectivity index (χ2n) is 3.48. The Morgan fingerprint density at radius 2 is 1.47 bits per heavy atom. The molecule has 0 bridgehead atoms. The third-order valence-electron chi connectivity index (χ3n) is 2.58. The maximum atomic E-state index is 11.1. The minimum Gasteiger partial charge on any atom is -0.478 e. The Kier molecular flexibility index (Phi) is 4.09. The van der Waals surface area contributed by atoms with E-state index in [4.69, 9.17) is 10.2 Å². The van der Waals surface area contributed by atoms with Crippen molar-refractivity contribution < 1.29 is 19.8 Å². The van der Waals surface area contributed by atoms with Crippen LogP contribution in [0.4, 0.5) is 5.69 Å². The van der Waals surface area contributed by atoms with Gasteiger partial charge in [-0.1, -0.05) is 6.07 Å². The summed E-state index contributed by atoms with van der Waals surface area (Å²) in [4.78, 5) is 24.0. The maximum Gasteiger partial charge on any atom is 0.337 e. The first-order valence-electron chi connectivity index (χ1n) is 5.37. The van der Waals surface area contributed by atoms with Gasteiger partial charge in [0.15, 0.2) is 0 Å². The van der Waals surface area contributed by atoms with Crippen molar-refractivity contribution in [2.45, 2.75) is 13.8 Å². The van der Waals surface area contributed by atoms with Crippen molar-refractivity contribution in [1.82, 2.24) is 0 Å². The number of para-hydroxylation sites is 1. The predicted molar refractivity (Wildman–Crippen MR) is 63.9 cm³/mol. The molecule has 2 N–H and O–H groups in total. The van der Waals surface area contributed by atoms with Gasteiger partial charge in [0, 0.05) is 13.1 Å². The van der Waals surface area contributed by atoms with Crippen molar-refractivity contribution in [1.29, 1.82) is 0 Å². The van der Waals surface area contributed by atoms with E-state index in [0.717, 1.165) is 0 Å². The second-order valence-corrected chi connectivity index (χ2v) is 3.48. The zero-order valence-corrected chi connectivity index (χ0v) is 9.80. The number of rotatable bonds is 5. The van der Waals surface area contributed by atoms with Gasteiger partial charge in [0.2, 0.25) is 0 Å². The van der Waals surface area contributed by atoms with Crippen LogP contribution < -0.4 is 4.90 Å². The molecule has 0 aliphatic rings. The lowest BCUT2D eigenvalue weighted by Gasteiger charge is -2.24. The monoisotopic (exact) mass is 237 g/mol. The number of carboxylic acids is 2. The quantitative estimate of drug-likeness (QED) is 0.818. The number of benzene rings is 1. The van der Waals surface area contributed by atoms with Gasteiger partial charge in [-0.2, -0.15) is 0 Å². The van der Waals surface area contributed by atoms with Crippen LogP contribution in [0.3, 0.4) is 0 Å². The lowest BCUT2D eigenvalue weighted by molar-refractivity contribution is 0.0696. The summed E-state index contributed by atoms with van der Waals surface area (Å²) < 4.78 is 0. The smallest absolute Gasteiger partial charge is 0.337 e. The first-order chi connectivity index (χ1) is 8.02. The molecule has 1 aromatic carbocycles. The summed E-state index contributed by atoms with van der Waals surface area (Å²) in [7, 11) is 0. The second kappa shape index (κ2) is 5.34. The summed E-state index contributed by atoms with van der Waals surface area (Å²) in [6.45, 7) is 4.82. The third kappa shape index (κ3) is 2.55. The average molecular weight is 237 g/mol. The highest BCUT2D eigenvalue weighted by atomic mass is 16.4. The van der Waals surface area contributed by atoms with Crippen molar-refractivity contribution in [3.8, 4) is 0 Å². The van der Waals surface area contributed by atoms with E-state index in [0.29, 0.717) is 13.1 Å². The van der Waals surface area contributed by atoms with Crippen molar-refractivity contribution in [2.75, 3.05) is 18.0 Å². The lowest BCUT2D eigenvalue weighted by Crippen LogP contribution is -2.26. The number of anilines is 1. The third-order valence-corrected chi connectivity index (χ3v) is 2.58. The Morgan fingerprint density at radius 3 is 1.76 bits per heavy atom. The van der Waals surface area contributed by atoms with Crippen LogP contribution in [0.5, 0.6) is 0 Å². The van der Waals surface area contributed by atoms with Gasteiger partial charge in [-0.15, -0.1) is 0 Å². The summed E-state index contributed by atoms with van der Waals surface area (Å²) in [5.41, 5.74) is 0.319. The molecule has 92 valence electrons. The van der Waals surface area contributed by atoms with Crippen LogP contribution in [0.1, 0.15) is 34.6 Å². The molecule has 0 spiro atoms. The minimum absolute atomic E-state index is 0.0219. The van der Waals surface area contributed by atoms with Gasteiger partial charge in [0.05, 0.1) is 16.8 Å². The molecule has 0 atom stereocenters. The molecule has 0 aliphatic carbocycles. The van der Waals surface area contributed by atoms with Gasteiger partial charge in [-0.05, 0) is 26.0 Å². The average Bonchev–Trinajstić information content (AvgIpc) is 2.30. The molecule has 0 saturated carbocycles. The molecule has 0 saturated heterocycles. The standard InChI is InChI=1S/C12H15NO4/c1-3-13(4-2)10-8(11(14)15)6-5-7-9(10)12(16)17/h5-7H,3-4H2,1-2H3,(H,14,15)(H,16,17). The van der Waals surface area contributed by atoms with E-state index >= 15 is 0 Å². The molecule has 0 fully saturated rings. The Labute approximate surface area is 99.3 Å². The summed E-state index contributed by atoms with van der Waals surface area (Å²) >= 11 is 0. The Morgan fingerprint density at radius 1 is 1.06 bits per heavy atom. The Balaban J connectivity index is 3.48. The molecule has 0 radical (unpaired) electrons. The topological polar surface area (TPSA) is 77.8 Å². The predicted octanol–water partition coefficient (Wildman–Crippen LogP) is 1.93. The zero-order valence-electron chi connectivity index (χ0n) is 9.80. The lowest BCUT2D eigenvalue weighted by atomic mass is 10.1. The normalized spacial score (nSPS) is 10.0. The minimum atomic E-state index is -1.12. The molecule has 1 rings (SSSR count). The fourth-order valence-electron chi connectivity index (χ4n) is 1.77. The first kappa shape index (κ1) is 13.0. The van der Waals surface area contributed by atoms with Crippen molar-refractivity contribution in [2.24, 2.45) is 0 Å². The molecule has 0 amide bonds. The van der Waals surface area contributed by atoms with Crippen LogP contribution in [-0.2, 0) is 0 Å². The SMILES string of the molecule is CCN(CC)c1c(C(=O)O)cccc1C(=O)O. The Bertz CT molecular complexity index is 406. The molecule has 0 aliphatic heterocycles. The maximum absolute atomic E-state index is 11.1. The van der Waals surface area contributed by atoms with E-state index in [1.54, 1.807) is 4.90 Å². The van der Waals surface area contributed by atoms with E-state index < -0.39 is 11.9 Å². The number of hydrogen-bond donors (Lipinski definition) is 2. The van der Waals surface area contributed by atoms with Gasteiger partial charge >= 0.3 is 11.9 Å². The largest absolute Gasteiger partial charge is 0.478 e. The van der Waals surface area contributed by atoms with Gasteiger partial charge < -0.3 is 15.1 Å². The molecule has 5 nitrogen and oxygen atoms in total. The fraction of sp³-hybridized carbons (Fsp3) is 0.333. The molecular formula is C12H15NO4. The molecule has 5 heteroatoms. The molecular weight excluding hydrogens is 222 g/mol. The van der Waals surface area contributed by atoms with Gasteiger partial charge in [0.1, 0.15) is 0 Å². The zero-order chi connectivity index (χ0) is 13.0. The molecule has 17 heavy (non-hydrogen) atoms.